The molecule has 1 aliphatic rings. The number of benzene rings is 2. The molecule has 31 heavy (non-hydrogen) atoms. The van der Waals surface area contributed by atoms with Crippen molar-refractivity contribution < 1.29 is 9.18 Å². The van der Waals surface area contributed by atoms with E-state index in [2.05, 4.69) is 26.7 Å². The molecule has 7 nitrogen and oxygen atoms in total. The van der Waals surface area contributed by atoms with Crippen LogP contribution in [0.1, 0.15) is 0 Å². The molecular weight excluding hydrogens is 419 g/mol. The Labute approximate surface area is 182 Å². The van der Waals surface area contributed by atoms with Crippen molar-refractivity contribution in [1.82, 2.24) is 25.1 Å². The van der Waals surface area contributed by atoms with Crippen molar-refractivity contribution in [3.63, 3.8) is 0 Å². The Balaban J connectivity index is 1.59. The summed E-state index contributed by atoms with van der Waals surface area (Å²) in [6.07, 6.45) is 4.35. The lowest BCUT2D eigenvalue weighted by molar-refractivity contribution is -0.126. The molecule has 0 unspecified atom stereocenters. The number of amides is 1. The summed E-state index contributed by atoms with van der Waals surface area (Å²) in [5.41, 5.74) is 1.80. The quantitative estimate of drug-likeness (QED) is 0.494. The summed E-state index contributed by atoms with van der Waals surface area (Å²) in [6.45, 7) is 5.74. The molecule has 0 radical (unpaired) electrons. The first-order valence-electron chi connectivity index (χ1n) is 9.80. The van der Waals surface area contributed by atoms with E-state index in [0.717, 1.165) is 5.39 Å². The average Bonchev–Trinajstić information content (AvgIpc) is 3.28. The lowest BCUT2D eigenvalue weighted by atomic mass is 10.0. The highest BCUT2D eigenvalue weighted by molar-refractivity contribution is 6.34. The van der Waals surface area contributed by atoms with Crippen LogP contribution in [0.4, 0.5) is 10.2 Å². The summed E-state index contributed by atoms with van der Waals surface area (Å²) in [6, 6.07) is 7.24. The molecule has 1 fully saturated rings. The monoisotopic (exact) mass is 436 g/mol. The second-order valence-electron chi connectivity index (χ2n) is 7.30. The van der Waals surface area contributed by atoms with Crippen molar-refractivity contribution >= 4 is 45.1 Å². The van der Waals surface area contributed by atoms with Gasteiger partial charge < -0.3 is 9.80 Å². The van der Waals surface area contributed by atoms with Gasteiger partial charge in [-0.25, -0.2) is 14.4 Å². The molecule has 0 bridgehead atoms. The topological polar surface area (TPSA) is 78.0 Å². The number of piperazine rings is 1. The summed E-state index contributed by atoms with van der Waals surface area (Å²) in [7, 11) is 0. The summed E-state index contributed by atoms with van der Waals surface area (Å²) in [5, 5.41) is 8.63. The molecule has 3 heterocycles. The van der Waals surface area contributed by atoms with Gasteiger partial charge >= 0.3 is 0 Å². The number of halogens is 2. The zero-order valence-corrected chi connectivity index (χ0v) is 17.2. The van der Waals surface area contributed by atoms with E-state index in [1.807, 2.05) is 17.0 Å². The molecule has 9 heteroatoms. The Morgan fingerprint density at radius 2 is 2.03 bits per heavy atom. The van der Waals surface area contributed by atoms with Crippen molar-refractivity contribution in [2.24, 2.45) is 0 Å². The van der Waals surface area contributed by atoms with Crippen molar-refractivity contribution in [2.45, 2.75) is 0 Å². The van der Waals surface area contributed by atoms with Crippen LogP contribution in [0, 0.1) is 5.82 Å². The van der Waals surface area contributed by atoms with Crippen LogP contribution in [0.2, 0.25) is 5.02 Å². The third kappa shape index (κ3) is 3.19. The van der Waals surface area contributed by atoms with Gasteiger partial charge in [-0.15, -0.1) is 0 Å². The molecule has 156 valence electrons. The summed E-state index contributed by atoms with van der Waals surface area (Å²) >= 11 is 6.59. The number of nitrogens with one attached hydrogen (secondary N) is 1. The van der Waals surface area contributed by atoms with E-state index in [9.17, 15) is 4.79 Å². The summed E-state index contributed by atoms with van der Waals surface area (Å²) in [4.78, 5) is 24.2. The zero-order valence-electron chi connectivity index (χ0n) is 16.5. The SMILES string of the molecule is C=CC(=O)N1CCN(c2ncnc3c(F)c(-c4cccc5cn[nH]c45)c(Cl)cc23)CC1. The van der Waals surface area contributed by atoms with Crippen molar-refractivity contribution in [3.05, 3.63) is 60.3 Å². The van der Waals surface area contributed by atoms with Gasteiger partial charge in [0.05, 0.1) is 16.7 Å². The first kappa shape index (κ1) is 19.4. The van der Waals surface area contributed by atoms with Crippen molar-refractivity contribution in [1.29, 1.82) is 0 Å². The lowest BCUT2D eigenvalue weighted by Crippen LogP contribution is -2.48. The Morgan fingerprint density at radius 3 is 2.81 bits per heavy atom. The fraction of sp³-hybridized carbons (Fsp3) is 0.182. The number of nitrogens with zero attached hydrogens (tertiary/aromatic N) is 5. The number of aromatic nitrogens is 4. The third-order valence-corrected chi connectivity index (χ3v) is 5.91. The van der Waals surface area contributed by atoms with Gasteiger partial charge in [-0.05, 0) is 12.1 Å². The number of carbonyl (C=O) groups excluding carboxylic acids is 1. The summed E-state index contributed by atoms with van der Waals surface area (Å²) < 4.78 is 15.7. The minimum Gasteiger partial charge on any atom is -0.352 e. The highest BCUT2D eigenvalue weighted by Gasteiger charge is 2.25. The Bertz CT molecular complexity index is 1330. The van der Waals surface area contributed by atoms with E-state index in [-0.39, 0.29) is 22.0 Å². The van der Waals surface area contributed by atoms with Crippen LogP contribution >= 0.6 is 11.6 Å². The minimum atomic E-state index is -0.506. The molecule has 1 amide bonds. The molecule has 1 N–H and O–H groups in total. The highest BCUT2D eigenvalue weighted by atomic mass is 35.5. The van der Waals surface area contributed by atoms with Crippen LogP contribution in [-0.2, 0) is 4.79 Å². The van der Waals surface area contributed by atoms with Crippen LogP contribution in [0.15, 0.2) is 49.4 Å². The van der Waals surface area contributed by atoms with Crippen LogP contribution in [0.25, 0.3) is 32.9 Å². The number of hydrogen-bond donors (Lipinski definition) is 1. The smallest absolute Gasteiger partial charge is 0.246 e. The van der Waals surface area contributed by atoms with Crippen molar-refractivity contribution in [3.8, 4) is 11.1 Å². The molecule has 2 aromatic carbocycles. The molecule has 1 aliphatic heterocycles. The van der Waals surface area contributed by atoms with Gasteiger partial charge in [0.25, 0.3) is 0 Å². The van der Waals surface area contributed by atoms with Crippen LogP contribution < -0.4 is 4.90 Å². The van der Waals surface area contributed by atoms with E-state index in [0.29, 0.717) is 48.5 Å². The van der Waals surface area contributed by atoms with Gasteiger partial charge in [-0.3, -0.25) is 9.89 Å². The zero-order chi connectivity index (χ0) is 21.5. The molecule has 1 saturated heterocycles. The van der Waals surface area contributed by atoms with Gasteiger partial charge in [-0.1, -0.05) is 36.4 Å². The minimum absolute atomic E-state index is 0.0982. The Hall–Kier alpha value is -3.52. The average molecular weight is 437 g/mol. The van der Waals surface area contributed by atoms with E-state index in [4.69, 9.17) is 11.6 Å². The number of carbonyl (C=O) groups is 1. The highest BCUT2D eigenvalue weighted by Crippen LogP contribution is 2.39. The fourth-order valence-corrected chi connectivity index (χ4v) is 4.35. The van der Waals surface area contributed by atoms with E-state index < -0.39 is 5.82 Å². The lowest BCUT2D eigenvalue weighted by Gasteiger charge is -2.35. The third-order valence-electron chi connectivity index (χ3n) is 5.61. The first-order chi connectivity index (χ1) is 15.1. The van der Waals surface area contributed by atoms with Crippen LogP contribution in [-0.4, -0.2) is 57.2 Å². The van der Waals surface area contributed by atoms with Gasteiger partial charge in [0, 0.05) is 48.1 Å². The molecule has 0 aliphatic carbocycles. The number of anilines is 1. The summed E-state index contributed by atoms with van der Waals surface area (Å²) in [5.74, 6) is -0.00423. The second-order valence-corrected chi connectivity index (χ2v) is 7.70. The molecule has 0 saturated carbocycles. The fourth-order valence-electron chi connectivity index (χ4n) is 4.06. The number of H-pyrrole nitrogens is 1. The predicted octanol–water partition coefficient (Wildman–Crippen LogP) is 3.80. The second kappa shape index (κ2) is 7.63. The van der Waals surface area contributed by atoms with Gasteiger partial charge in [0.2, 0.25) is 5.91 Å². The van der Waals surface area contributed by atoms with Crippen LogP contribution in [0.3, 0.4) is 0 Å². The van der Waals surface area contributed by atoms with Gasteiger partial charge in [-0.2, -0.15) is 5.10 Å². The van der Waals surface area contributed by atoms with E-state index >= 15 is 4.39 Å². The number of rotatable bonds is 3. The maximum absolute atomic E-state index is 15.7. The number of para-hydroxylation sites is 1. The van der Waals surface area contributed by atoms with Crippen LogP contribution in [0.5, 0.6) is 0 Å². The van der Waals surface area contributed by atoms with E-state index in [1.54, 1.807) is 23.2 Å². The molecule has 5 rings (SSSR count). The van der Waals surface area contributed by atoms with Crippen molar-refractivity contribution in [2.75, 3.05) is 31.1 Å². The molecule has 2 aromatic heterocycles. The number of hydrogen-bond acceptors (Lipinski definition) is 5. The molecule has 0 spiro atoms. The van der Waals surface area contributed by atoms with Gasteiger partial charge in [0.1, 0.15) is 17.7 Å². The van der Waals surface area contributed by atoms with E-state index in [1.165, 1.54) is 12.4 Å². The largest absolute Gasteiger partial charge is 0.352 e. The maximum atomic E-state index is 15.7. The predicted molar refractivity (Wildman–Crippen MR) is 119 cm³/mol. The Kier molecular flexibility index (Phi) is 4.78. The molecular formula is C22H18ClFN6O. The number of fused-ring (bicyclic) bond motifs is 2. The normalized spacial score (nSPS) is 14.4. The Morgan fingerprint density at radius 1 is 1.23 bits per heavy atom. The number of aromatic amines is 1. The standard InChI is InChI=1S/C22H18ClFN6O/c1-2-17(31)29-6-8-30(9-7-29)22-15-10-16(23)18(19(24)21(15)25-12-26-22)14-5-3-4-13-11-27-28-20(13)14/h2-5,10-12H,1,6-9H2,(H,27,28). The molecule has 4 aromatic rings. The molecule has 0 atom stereocenters. The van der Waals surface area contributed by atoms with Gasteiger partial charge in [0.15, 0.2) is 5.82 Å². The first-order valence-corrected chi connectivity index (χ1v) is 10.2. The maximum Gasteiger partial charge on any atom is 0.246 e.